The Balaban J connectivity index is 1.72. The van der Waals surface area contributed by atoms with Crippen LogP contribution < -0.4 is 14.9 Å². The highest BCUT2D eigenvalue weighted by Crippen LogP contribution is 2.32. The number of rotatable bonds is 3. The Labute approximate surface area is 141 Å². The summed E-state index contributed by atoms with van der Waals surface area (Å²) in [6, 6.07) is 7.66. The summed E-state index contributed by atoms with van der Waals surface area (Å²) in [5, 5.41) is 14.0. The number of hydrazone groups is 1. The maximum Gasteiger partial charge on any atom is 0.271 e. The van der Waals surface area contributed by atoms with Crippen molar-refractivity contribution in [2.75, 3.05) is 6.79 Å². The molecule has 0 aliphatic carbocycles. The molecule has 0 unspecified atom stereocenters. The number of hydrogen-bond donors (Lipinski definition) is 2. The average molecular weight is 353 g/mol. The van der Waals surface area contributed by atoms with E-state index in [0.717, 1.165) is 0 Å². The van der Waals surface area contributed by atoms with Crippen LogP contribution in [0.15, 0.2) is 35.4 Å². The lowest BCUT2D eigenvalue weighted by atomic mass is 10.2. The van der Waals surface area contributed by atoms with E-state index in [1.54, 1.807) is 18.2 Å². The maximum atomic E-state index is 12.0. The standard InChI is InChI=1S/C15H10Cl2N2O4/c16-10-3-9(14(20)11(17)5-10)6-18-19-15(21)8-1-2-12-13(4-8)23-7-22-12/h1-6,20H,7H2,(H,19,21)/b18-6+. The van der Waals surface area contributed by atoms with Crippen molar-refractivity contribution in [3.8, 4) is 17.2 Å². The second kappa shape index (κ2) is 6.36. The molecule has 2 aromatic carbocycles. The molecule has 118 valence electrons. The fourth-order valence-electron chi connectivity index (χ4n) is 1.95. The summed E-state index contributed by atoms with van der Waals surface area (Å²) in [7, 11) is 0. The maximum absolute atomic E-state index is 12.0. The van der Waals surface area contributed by atoms with Crippen LogP contribution >= 0.6 is 23.2 Å². The van der Waals surface area contributed by atoms with E-state index in [4.69, 9.17) is 32.7 Å². The van der Waals surface area contributed by atoms with Gasteiger partial charge in [-0.2, -0.15) is 5.10 Å². The molecule has 1 heterocycles. The second-order valence-electron chi connectivity index (χ2n) is 4.59. The Hall–Kier alpha value is -2.44. The Kier molecular flexibility index (Phi) is 4.27. The van der Waals surface area contributed by atoms with Gasteiger partial charge in [0, 0.05) is 16.1 Å². The Morgan fingerprint density at radius 3 is 2.83 bits per heavy atom. The van der Waals surface area contributed by atoms with E-state index in [2.05, 4.69) is 10.5 Å². The molecule has 2 aromatic rings. The lowest BCUT2D eigenvalue weighted by molar-refractivity contribution is 0.0954. The second-order valence-corrected chi connectivity index (χ2v) is 5.44. The van der Waals surface area contributed by atoms with E-state index in [1.807, 2.05) is 0 Å². The van der Waals surface area contributed by atoms with Gasteiger partial charge in [-0.3, -0.25) is 4.79 Å². The van der Waals surface area contributed by atoms with Crippen LogP contribution in [-0.4, -0.2) is 24.0 Å². The number of aromatic hydroxyl groups is 1. The lowest BCUT2D eigenvalue weighted by Crippen LogP contribution is -2.17. The molecule has 3 rings (SSSR count). The number of hydrogen-bond acceptors (Lipinski definition) is 5. The predicted molar refractivity (Wildman–Crippen MR) is 85.8 cm³/mol. The SMILES string of the molecule is O=C(N/N=C/c1cc(Cl)cc(Cl)c1O)c1ccc2c(c1)OCO2. The molecule has 0 radical (unpaired) electrons. The largest absolute Gasteiger partial charge is 0.506 e. The molecule has 8 heteroatoms. The van der Waals surface area contributed by atoms with Gasteiger partial charge in [-0.05, 0) is 30.3 Å². The van der Waals surface area contributed by atoms with Crippen LogP contribution in [0.2, 0.25) is 10.0 Å². The van der Waals surface area contributed by atoms with Crippen molar-refractivity contribution in [2.45, 2.75) is 0 Å². The summed E-state index contributed by atoms with van der Waals surface area (Å²) in [5.74, 6) is 0.480. The minimum Gasteiger partial charge on any atom is -0.506 e. The van der Waals surface area contributed by atoms with Gasteiger partial charge in [0.25, 0.3) is 5.91 Å². The molecule has 0 saturated heterocycles. The number of benzene rings is 2. The molecule has 6 nitrogen and oxygen atoms in total. The van der Waals surface area contributed by atoms with E-state index < -0.39 is 5.91 Å². The van der Waals surface area contributed by atoms with Gasteiger partial charge in [-0.25, -0.2) is 5.43 Å². The minimum absolute atomic E-state index is 0.0982. The van der Waals surface area contributed by atoms with Gasteiger partial charge in [-0.1, -0.05) is 23.2 Å². The molecule has 0 saturated carbocycles. The summed E-state index contributed by atoms with van der Waals surface area (Å²) in [6.07, 6.45) is 1.25. The van der Waals surface area contributed by atoms with Crippen molar-refractivity contribution in [1.29, 1.82) is 0 Å². The summed E-state index contributed by atoms with van der Waals surface area (Å²) < 4.78 is 10.4. The third-order valence-corrected chi connectivity index (χ3v) is 3.57. The molecule has 0 bridgehead atoms. The Bertz CT molecular complexity index is 808. The van der Waals surface area contributed by atoms with Crippen LogP contribution in [-0.2, 0) is 0 Å². The van der Waals surface area contributed by atoms with E-state index in [0.29, 0.717) is 22.1 Å². The first-order valence-corrected chi connectivity index (χ1v) is 7.21. The number of nitrogens with one attached hydrogen (secondary N) is 1. The van der Waals surface area contributed by atoms with Crippen LogP contribution in [0.25, 0.3) is 0 Å². The molecule has 1 aliphatic heterocycles. The topological polar surface area (TPSA) is 80.2 Å². The summed E-state index contributed by atoms with van der Waals surface area (Å²) >= 11 is 11.6. The molecular weight excluding hydrogens is 343 g/mol. The number of carbonyl (C=O) groups excluding carboxylic acids is 1. The monoisotopic (exact) mass is 352 g/mol. The molecular formula is C15H10Cl2N2O4. The predicted octanol–water partition coefficient (Wildman–Crippen LogP) is 3.19. The van der Waals surface area contributed by atoms with Crippen molar-refractivity contribution in [3.63, 3.8) is 0 Å². The molecule has 0 atom stereocenters. The lowest BCUT2D eigenvalue weighted by Gasteiger charge is -2.03. The molecule has 0 spiro atoms. The van der Waals surface area contributed by atoms with Crippen molar-refractivity contribution < 1.29 is 19.4 Å². The average Bonchev–Trinajstić information content (AvgIpc) is 2.99. The van der Waals surface area contributed by atoms with E-state index in [9.17, 15) is 9.90 Å². The Morgan fingerprint density at radius 1 is 1.22 bits per heavy atom. The number of ether oxygens (including phenoxy) is 2. The minimum atomic E-state index is -0.438. The van der Waals surface area contributed by atoms with Gasteiger partial charge in [0.2, 0.25) is 6.79 Å². The van der Waals surface area contributed by atoms with E-state index >= 15 is 0 Å². The number of amides is 1. The number of halogens is 2. The van der Waals surface area contributed by atoms with Gasteiger partial charge < -0.3 is 14.6 Å². The van der Waals surface area contributed by atoms with Crippen LogP contribution in [0.5, 0.6) is 17.2 Å². The number of carbonyl (C=O) groups is 1. The number of phenols is 1. The first-order valence-electron chi connectivity index (χ1n) is 6.45. The van der Waals surface area contributed by atoms with Crippen molar-refractivity contribution >= 4 is 35.3 Å². The fourth-order valence-corrected chi connectivity index (χ4v) is 2.46. The smallest absolute Gasteiger partial charge is 0.271 e. The van der Waals surface area contributed by atoms with Crippen molar-refractivity contribution in [1.82, 2.24) is 5.43 Å². The van der Waals surface area contributed by atoms with Gasteiger partial charge in [-0.15, -0.1) is 0 Å². The highest BCUT2D eigenvalue weighted by Gasteiger charge is 2.16. The summed E-state index contributed by atoms with van der Waals surface area (Å²) in [5.41, 5.74) is 2.99. The van der Waals surface area contributed by atoms with Gasteiger partial charge in [0.15, 0.2) is 11.5 Å². The number of phenolic OH excluding ortho intramolecular Hbond substituents is 1. The van der Waals surface area contributed by atoms with E-state index in [1.165, 1.54) is 18.3 Å². The molecule has 0 fully saturated rings. The fraction of sp³-hybridized carbons (Fsp3) is 0.0667. The molecule has 1 aliphatic rings. The molecule has 2 N–H and O–H groups in total. The van der Waals surface area contributed by atoms with Crippen LogP contribution in [0.1, 0.15) is 15.9 Å². The molecule has 0 aromatic heterocycles. The van der Waals surface area contributed by atoms with Crippen molar-refractivity contribution in [3.05, 3.63) is 51.5 Å². The molecule has 23 heavy (non-hydrogen) atoms. The first kappa shape index (κ1) is 15.5. The van der Waals surface area contributed by atoms with Crippen LogP contribution in [0.3, 0.4) is 0 Å². The third kappa shape index (κ3) is 3.33. The van der Waals surface area contributed by atoms with Crippen molar-refractivity contribution in [2.24, 2.45) is 5.10 Å². The number of fused-ring (bicyclic) bond motifs is 1. The van der Waals surface area contributed by atoms with Gasteiger partial charge >= 0.3 is 0 Å². The third-order valence-electron chi connectivity index (χ3n) is 3.06. The van der Waals surface area contributed by atoms with Gasteiger partial charge in [0.1, 0.15) is 5.75 Å². The zero-order chi connectivity index (χ0) is 16.4. The zero-order valence-corrected chi connectivity index (χ0v) is 13.1. The molecule has 1 amide bonds. The normalized spacial score (nSPS) is 12.6. The summed E-state index contributed by atoms with van der Waals surface area (Å²) in [4.78, 5) is 12.0. The highest BCUT2D eigenvalue weighted by molar-refractivity contribution is 6.36. The number of nitrogens with zero attached hydrogens (tertiary/aromatic N) is 1. The Morgan fingerprint density at radius 2 is 2.00 bits per heavy atom. The van der Waals surface area contributed by atoms with Crippen LogP contribution in [0, 0.1) is 0 Å². The van der Waals surface area contributed by atoms with E-state index in [-0.39, 0.29) is 23.1 Å². The first-order chi connectivity index (χ1) is 11.0. The van der Waals surface area contributed by atoms with Crippen LogP contribution in [0.4, 0.5) is 0 Å². The zero-order valence-electron chi connectivity index (χ0n) is 11.5. The van der Waals surface area contributed by atoms with Gasteiger partial charge in [0.05, 0.1) is 11.2 Å². The summed E-state index contributed by atoms with van der Waals surface area (Å²) in [6.45, 7) is 0.132. The quantitative estimate of drug-likeness (QED) is 0.656. The highest BCUT2D eigenvalue weighted by atomic mass is 35.5.